The van der Waals surface area contributed by atoms with Crippen LogP contribution >= 0.6 is 24.2 Å². The molecule has 0 unspecified atom stereocenters. The molecular weight excluding hydrogens is 268 g/mol. The minimum Gasteiger partial charge on any atom is -0.340 e. The van der Waals surface area contributed by atoms with Gasteiger partial charge in [-0.15, -0.1) is 12.4 Å². The molecule has 108 valence electrons. The summed E-state index contributed by atoms with van der Waals surface area (Å²) in [6, 6.07) is 0.00431. The van der Waals surface area contributed by atoms with Gasteiger partial charge in [-0.05, 0) is 18.9 Å². The highest BCUT2D eigenvalue weighted by atomic mass is 35.5. The van der Waals surface area contributed by atoms with E-state index < -0.39 is 0 Å². The summed E-state index contributed by atoms with van der Waals surface area (Å²) in [6.07, 6.45) is 2.32. The van der Waals surface area contributed by atoms with Crippen LogP contribution in [0, 0.1) is 5.92 Å². The third-order valence-corrected chi connectivity index (χ3v) is 4.09. The van der Waals surface area contributed by atoms with E-state index >= 15 is 0 Å². The molecule has 0 aromatic rings. The summed E-state index contributed by atoms with van der Waals surface area (Å²) in [7, 11) is 0. The first-order valence-electron chi connectivity index (χ1n) is 6.76. The number of carbonyl (C=O) groups is 1. The molecule has 1 N–H and O–H groups in total. The van der Waals surface area contributed by atoms with E-state index in [1.165, 1.54) is 6.42 Å². The Labute approximate surface area is 122 Å². The molecule has 0 spiro atoms. The summed E-state index contributed by atoms with van der Waals surface area (Å²) in [5.41, 5.74) is 0. The van der Waals surface area contributed by atoms with E-state index in [9.17, 15) is 4.79 Å². The lowest BCUT2D eigenvalue weighted by Crippen LogP contribution is -2.51. The van der Waals surface area contributed by atoms with Crippen LogP contribution in [0.1, 0.15) is 33.6 Å². The fourth-order valence-electron chi connectivity index (χ4n) is 2.02. The summed E-state index contributed by atoms with van der Waals surface area (Å²) in [4.78, 5) is 14.4. The zero-order valence-electron chi connectivity index (χ0n) is 11.8. The van der Waals surface area contributed by atoms with Crippen molar-refractivity contribution < 1.29 is 4.79 Å². The zero-order valence-corrected chi connectivity index (χ0v) is 13.4. The van der Waals surface area contributed by atoms with Gasteiger partial charge >= 0.3 is 0 Å². The number of amides is 1. The van der Waals surface area contributed by atoms with E-state index in [0.717, 1.165) is 37.6 Å². The lowest BCUT2D eigenvalue weighted by Gasteiger charge is -2.32. The molecule has 0 aromatic carbocycles. The van der Waals surface area contributed by atoms with Crippen molar-refractivity contribution in [3.63, 3.8) is 0 Å². The molecule has 1 heterocycles. The fourth-order valence-corrected chi connectivity index (χ4v) is 2.93. The number of unbranched alkanes of at least 4 members (excludes halogenated alkanes) is 1. The molecule has 0 bridgehead atoms. The monoisotopic (exact) mass is 294 g/mol. The predicted molar refractivity (Wildman–Crippen MR) is 82.7 cm³/mol. The van der Waals surface area contributed by atoms with Crippen LogP contribution in [0.4, 0.5) is 0 Å². The third-order valence-electron chi connectivity index (χ3n) is 3.15. The van der Waals surface area contributed by atoms with Crippen LogP contribution < -0.4 is 5.32 Å². The molecule has 1 aliphatic heterocycles. The van der Waals surface area contributed by atoms with Gasteiger partial charge in [-0.2, -0.15) is 11.8 Å². The maximum atomic E-state index is 12.4. The van der Waals surface area contributed by atoms with Crippen LogP contribution in [0.2, 0.25) is 0 Å². The molecular formula is C13H27ClN2OS. The maximum absolute atomic E-state index is 12.4. The lowest BCUT2D eigenvalue weighted by molar-refractivity contribution is -0.134. The van der Waals surface area contributed by atoms with Crippen LogP contribution in [-0.2, 0) is 4.79 Å². The molecule has 1 amide bonds. The van der Waals surface area contributed by atoms with Crippen LogP contribution in [0.15, 0.2) is 0 Å². The first kappa shape index (κ1) is 18.1. The van der Waals surface area contributed by atoms with Gasteiger partial charge < -0.3 is 10.2 Å². The molecule has 1 saturated heterocycles. The van der Waals surface area contributed by atoms with Gasteiger partial charge in [0.05, 0.1) is 6.04 Å². The van der Waals surface area contributed by atoms with Crippen LogP contribution in [0.5, 0.6) is 0 Å². The highest BCUT2D eigenvalue weighted by molar-refractivity contribution is 7.99. The summed E-state index contributed by atoms with van der Waals surface area (Å²) >= 11 is 1.94. The average molecular weight is 295 g/mol. The Morgan fingerprint density at radius 3 is 2.44 bits per heavy atom. The van der Waals surface area contributed by atoms with Gasteiger partial charge in [0.15, 0.2) is 0 Å². The number of nitrogens with one attached hydrogen (secondary N) is 1. The standard InChI is InChI=1S/C13H26N2OS.ClH/c1-4-5-6-14-12(11(2)3)13(16)15-7-9-17-10-8-15;/h11-12,14H,4-10H2,1-3H3;1H/t12-;/m0./s1. The second kappa shape index (κ2) is 9.93. The van der Waals surface area contributed by atoms with Crippen LogP contribution in [0.25, 0.3) is 0 Å². The van der Waals surface area contributed by atoms with E-state index in [0.29, 0.717) is 11.8 Å². The van der Waals surface area contributed by atoms with E-state index in [2.05, 4.69) is 26.1 Å². The minimum atomic E-state index is 0. The Morgan fingerprint density at radius 2 is 1.94 bits per heavy atom. The highest BCUT2D eigenvalue weighted by Crippen LogP contribution is 2.13. The molecule has 5 heteroatoms. The number of nitrogens with zero attached hydrogens (tertiary/aromatic N) is 1. The molecule has 0 radical (unpaired) electrons. The molecule has 1 atom stereocenters. The largest absolute Gasteiger partial charge is 0.340 e. The van der Waals surface area contributed by atoms with Gasteiger partial charge in [0.25, 0.3) is 0 Å². The molecule has 18 heavy (non-hydrogen) atoms. The fraction of sp³-hybridized carbons (Fsp3) is 0.923. The number of carbonyl (C=O) groups excluding carboxylic acids is 1. The maximum Gasteiger partial charge on any atom is 0.240 e. The number of hydrogen-bond acceptors (Lipinski definition) is 3. The van der Waals surface area contributed by atoms with E-state index in [1.807, 2.05) is 16.7 Å². The van der Waals surface area contributed by atoms with Crippen molar-refractivity contribution in [2.75, 3.05) is 31.1 Å². The molecule has 1 fully saturated rings. The van der Waals surface area contributed by atoms with Gasteiger partial charge in [0, 0.05) is 24.6 Å². The van der Waals surface area contributed by atoms with Gasteiger partial charge in [-0.25, -0.2) is 0 Å². The third kappa shape index (κ3) is 5.81. The lowest BCUT2D eigenvalue weighted by atomic mass is 10.0. The van der Waals surface area contributed by atoms with Gasteiger partial charge in [-0.3, -0.25) is 4.79 Å². The smallest absolute Gasteiger partial charge is 0.240 e. The Hall–Kier alpha value is 0.0700. The summed E-state index contributed by atoms with van der Waals surface area (Å²) < 4.78 is 0. The predicted octanol–water partition coefficient (Wildman–Crippen LogP) is 2.40. The Bertz CT molecular complexity index is 233. The molecule has 1 aliphatic rings. The molecule has 3 nitrogen and oxygen atoms in total. The summed E-state index contributed by atoms with van der Waals surface area (Å²) in [6.45, 7) is 9.22. The number of hydrogen-bond donors (Lipinski definition) is 1. The first-order valence-corrected chi connectivity index (χ1v) is 7.92. The van der Waals surface area contributed by atoms with Crippen LogP contribution in [0.3, 0.4) is 0 Å². The summed E-state index contributed by atoms with van der Waals surface area (Å²) in [5.74, 6) is 2.85. The number of halogens is 1. The Balaban J connectivity index is 0.00000289. The quantitative estimate of drug-likeness (QED) is 0.764. The number of thioether (sulfide) groups is 1. The molecule has 0 aliphatic carbocycles. The average Bonchev–Trinajstić information content (AvgIpc) is 2.34. The zero-order chi connectivity index (χ0) is 12.7. The van der Waals surface area contributed by atoms with Gasteiger partial charge in [0.1, 0.15) is 0 Å². The second-order valence-electron chi connectivity index (χ2n) is 4.97. The van der Waals surface area contributed by atoms with Crippen molar-refractivity contribution in [3.8, 4) is 0 Å². The van der Waals surface area contributed by atoms with Crippen LogP contribution in [-0.4, -0.2) is 48.0 Å². The van der Waals surface area contributed by atoms with Crippen molar-refractivity contribution in [3.05, 3.63) is 0 Å². The molecule has 0 saturated carbocycles. The van der Waals surface area contributed by atoms with Crippen molar-refractivity contribution in [1.29, 1.82) is 0 Å². The number of rotatable bonds is 6. The van der Waals surface area contributed by atoms with Crippen molar-refractivity contribution in [1.82, 2.24) is 10.2 Å². The van der Waals surface area contributed by atoms with E-state index in [4.69, 9.17) is 0 Å². The van der Waals surface area contributed by atoms with E-state index in [1.54, 1.807) is 0 Å². The highest BCUT2D eigenvalue weighted by Gasteiger charge is 2.27. The SMILES string of the molecule is CCCCN[C@H](C(=O)N1CCSCC1)C(C)C.Cl. The normalized spacial score (nSPS) is 17.4. The molecule has 0 aromatic heterocycles. The van der Waals surface area contributed by atoms with Gasteiger partial charge in [0.2, 0.25) is 5.91 Å². The van der Waals surface area contributed by atoms with Gasteiger partial charge in [-0.1, -0.05) is 27.2 Å². The Morgan fingerprint density at radius 1 is 1.33 bits per heavy atom. The minimum absolute atomic E-state index is 0. The van der Waals surface area contributed by atoms with Crippen molar-refractivity contribution >= 4 is 30.1 Å². The van der Waals surface area contributed by atoms with Crippen molar-refractivity contribution in [2.24, 2.45) is 5.92 Å². The summed E-state index contributed by atoms with van der Waals surface area (Å²) in [5, 5.41) is 3.42. The topological polar surface area (TPSA) is 32.3 Å². The van der Waals surface area contributed by atoms with E-state index in [-0.39, 0.29) is 18.4 Å². The van der Waals surface area contributed by atoms with Crippen molar-refractivity contribution in [2.45, 2.75) is 39.7 Å². The Kier molecular flexibility index (Phi) is 9.97. The first-order chi connectivity index (χ1) is 8.16. The second-order valence-corrected chi connectivity index (χ2v) is 6.19. The molecule has 1 rings (SSSR count).